The second kappa shape index (κ2) is 29.1. The maximum absolute atomic E-state index is 10.8. The van der Waals surface area contributed by atoms with Crippen LogP contribution in [0.4, 0.5) is 96.7 Å². The third-order valence-electron chi connectivity index (χ3n) is 18.1. The number of fused-ring (bicyclic) bond motifs is 3. The van der Waals surface area contributed by atoms with Gasteiger partial charge in [-0.05, 0) is 215 Å². The molecule has 0 saturated heterocycles. The number of rotatable bonds is 14. The van der Waals surface area contributed by atoms with E-state index in [4.69, 9.17) is 32.9 Å². The maximum Gasteiger partial charge on any atom is 0.190 e. The van der Waals surface area contributed by atoms with Crippen molar-refractivity contribution in [1.82, 2.24) is 0 Å². The van der Waals surface area contributed by atoms with Gasteiger partial charge < -0.3 is 19.6 Å². The summed E-state index contributed by atoms with van der Waals surface area (Å²) in [7, 11) is 0. The first-order valence-electron chi connectivity index (χ1n) is 32.4. The molecular weight excluding hydrogens is 1350 g/mol. The average Bonchev–Trinajstić information content (AvgIpc) is 1.55. The van der Waals surface area contributed by atoms with Crippen LogP contribution in [-0.2, 0) is 5.41 Å². The van der Waals surface area contributed by atoms with E-state index in [1.165, 1.54) is 146 Å². The van der Waals surface area contributed by atoms with Crippen molar-refractivity contribution in [2.75, 3.05) is 19.6 Å². The molecule has 0 N–H and O–H groups in total. The van der Waals surface area contributed by atoms with Crippen LogP contribution in [0.15, 0.2) is 231 Å². The van der Waals surface area contributed by atoms with Crippen molar-refractivity contribution in [3.63, 3.8) is 0 Å². The highest BCUT2D eigenvalue weighted by Gasteiger charge is 2.48. The summed E-state index contributed by atoms with van der Waals surface area (Å²) < 4.78 is 0. The molecule has 0 aliphatic heterocycles. The largest absolute Gasteiger partial charge is 0.313 e. The van der Waals surface area contributed by atoms with Gasteiger partial charge in [-0.3, -0.25) is 0 Å². The number of benzene rings is 12. The lowest BCUT2D eigenvalue weighted by molar-refractivity contribution is 0.768. The van der Waals surface area contributed by atoms with Crippen LogP contribution >= 0.6 is 0 Å². The van der Waals surface area contributed by atoms with Crippen LogP contribution in [0.25, 0.3) is 35.4 Å². The molecule has 20 nitrogen and oxygen atoms in total. The van der Waals surface area contributed by atoms with E-state index in [-0.39, 0.29) is 158 Å². The standard InChI is InChI=1S/C89H38N20/c1-101-68-17-61(50-96)28-76(37-68)106(73-22-55(44-90)14-56(23-73)45-91)81-33-66(34-82(42-81)107(74-24-57(46-92)15-58(25-74)47-93)77-29-62(51-97)18-69(38-77)102-2)89(87-12-8-6-10-85(87)86-11-7-9-13-88(86)89)67-35-83(108(75-26-59(48-94)16-60(27-75)49-95)78-30-63(52-98)19-70(39-78)103-3)43-84(36-67)109(79-31-64(53-99)20-71(40-79)104-4)80-32-65(54-100)21-72(41-80)105-5/h6-43H. The first kappa shape index (κ1) is 69.2. The van der Waals surface area contributed by atoms with Crippen molar-refractivity contribution < 1.29 is 0 Å². The van der Waals surface area contributed by atoms with Crippen molar-refractivity contribution in [2.24, 2.45) is 0 Å². The van der Waals surface area contributed by atoms with Gasteiger partial charge in [-0.1, -0.05) is 48.5 Å². The SMILES string of the molecule is [C-]#[N+]c1cc(C#N)cc(N(c2cc(C#N)cc(C#N)c2)c2cc(N(c3cc(C#N)cc(C#N)c3)c3cc(C#N)cc([N+]#[C-])c3)cc(C3(c4cc(N(c5cc(C#N)cc(C#N)c5)c5cc(C#N)cc([N+]#[C-])c5)cc(N(c5cc(C#N)cc([N+]#[C-])c5)c5cc(C#N)cc([N+]#[C-])c5)c4)c4ccccc4-c4ccccc43)c2)c1. The van der Waals surface area contributed by atoms with E-state index in [0.717, 1.165) is 0 Å². The van der Waals surface area contributed by atoms with Gasteiger partial charge in [0.2, 0.25) is 0 Å². The van der Waals surface area contributed by atoms with Crippen molar-refractivity contribution in [3.05, 3.63) is 371 Å². The average molecular weight is 1390 g/mol. The van der Waals surface area contributed by atoms with E-state index in [2.05, 4.69) is 91.0 Å². The Labute approximate surface area is 625 Å². The zero-order valence-corrected chi connectivity index (χ0v) is 56.4. The predicted octanol–water partition coefficient (Wildman–Crippen LogP) is 21.3. The second-order valence-corrected chi connectivity index (χ2v) is 24.4. The van der Waals surface area contributed by atoms with Crippen molar-refractivity contribution in [2.45, 2.75) is 5.41 Å². The number of hydrogen-bond donors (Lipinski definition) is 0. The Balaban J connectivity index is 1.31. The Hall–Kier alpha value is -18.3. The Bertz CT molecular complexity index is 5410. The molecule has 0 radical (unpaired) electrons. The van der Waals surface area contributed by atoms with Gasteiger partial charge in [0.05, 0.1) is 138 Å². The Morgan fingerprint density at radius 1 is 0.211 bits per heavy atom. The zero-order valence-electron chi connectivity index (χ0n) is 56.4. The Kier molecular flexibility index (Phi) is 18.5. The third kappa shape index (κ3) is 12.8. The van der Waals surface area contributed by atoms with Gasteiger partial charge in [0, 0.05) is 96.1 Å². The molecule has 20 heteroatoms. The molecule has 0 saturated carbocycles. The Morgan fingerprint density at radius 2 is 0.385 bits per heavy atom. The van der Waals surface area contributed by atoms with E-state index >= 15 is 0 Å². The minimum Gasteiger partial charge on any atom is -0.313 e. The molecule has 109 heavy (non-hydrogen) atoms. The minimum atomic E-state index is -1.79. The van der Waals surface area contributed by atoms with Gasteiger partial charge in [-0.15, -0.1) is 0 Å². The molecule has 0 heterocycles. The van der Waals surface area contributed by atoms with Crippen LogP contribution < -0.4 is 19.6 Å². The highest BCUT2D eigenvalue weighted by atomic mass is 15.2. The van der Waals surface area contributed by atoms with E-state index in [9.17, 15) is 57.9 Å². The van der Waals surface area contributed by atoms with Gasteiger partial charge in [0.15, 0.2) is 28.4 Å². The van der Waals surface area contributed by atoms with Crippen LogP contribution in [-0.4, -0.2) is 0 Å². The van der Waals surface area contributed by atoms with Gasteiger partial charge in [-0.25, -0.2) is 24.2 Å². The summed E-state index contributed by atoms with van der Waals surface area (Å²) in [5.41, 5.74) is 3.95. The van der Waals surface area contributed by atoms with Gasteiger partial charge >= 0.3 is 0 Å². The smallest absolute Gasteiger partial charge is 0.190 e. The first-order chi connectivity index (χ1) is 53.1. The van der Waals surface area contributed by atoms with Gasteiger partial charge in [0.25, 0.3) is 0 Å². The van der Waals surface area contributed by atoms with E-state index in [0.29, 0.717) is 33.4 Å². The highest BCUT2D eigenvalue weighted by molar-refractivity contribution is 5.95. The predicted molar refractivity (Wildman–Crippen MR) is 406 cm³/mol. The fourth-order valence-corrected chi connectivity index (χ4v) is 13.8. The molecule has 0 atom stereocenters. The summed E-state index contributed by atoms with van der Waals surface area (Å²) in [6, 6.07) is 85.3. The van der Waals surface area contributed by atoms with Crippen LogP contribution in [0.2, 0.25) is 0 Å². The van der Waals surface area contributed by atoms with Crippen LogP contribution in [0.3, 0.4) is 0 Å². The molecule has 0 amide bonds. The van der Waals surface area contributed by atoms with Crippen LogP contribution in [0, 0.1) is 158 Å². The molecular formula is C89H38N20. The quantitative estimate of drug-likeness (QED) is 0.0914. The molecule has 1 aliphatic rings. The highest BCUT2D eigenvalue weighted by Crippen LogP contribution is 2.60. The monoisotopic (exact) mass is 1390 g/mol. The van der Waals surface area contributed by atoms with Crippen LogP contribution in [0.5, 0.6) is 0 Å². The molecule has 0 aromatic heterocycles. The Morgan fingerprint density at radius 3 is 0.578 bits per heavy atom. The molecule has 494 valence electrons. The summed E-state index contributed by atoms with van der Waals surface area (Å²) in [6.45, 7) is 41.9. The van der Waals surface area contributed by atoms with Gasteiger partial charge in [-0.2, -0.15) is 57.9 Å². The molecule has 1 aliphatic carbocycles. The summed E-state index contributed by atoms with van der Waals surface area (Å²) >= 11 is 0. The minimum absolute atomic E-state index is 0.0126. The summed E-state index contributed by atoms with van der Waals surface area (Å²) in [4.78, 5) is 25.5. The van der Waals surface area contributed by atoms with Crippen molar-refractivity contribution in [3.8, 4) is 77.9 Å². The van der Waals surface area contributed by atoms with E-state index in [1.54, 1.807) is 31.7 Å². The zero-order chi connectivity index (χ0) is 76.6. The first-order valence-corrected chi connectivity index (χ1v) is 32.4. The fraction of sp³-hybridized carbons (Fsp3) is 0.0112. The third-order valence-corrected chi connectivity index (χ3v) is 18.1. The lowest BCUT2D eigenvalue weighted by Crippen LogP contribution is -2.30. The fourth-order valence-electron chi connectivity index (χ4n) is 13.8. The lowest BCUT2D eigenvalue weighted by Gasteiger charge is -2.39. The topological polar surface area (TPSA) is 296 Å². The normalized spacial score (nSPS) is 10.7. The summed E-state index contributed by atoms with van der Waals surface area (Å²) in [6.07, 6.45) is 0. The summed E-state index contributed by atoms with van der Waals surface area (Å²) in [5, 5.41) is 119. The maximum atomic E-state index is 10.8. The molecule has 0 spiro atoms. The second-order valence-electron chi connectivity index (χ2n) is 24.4. The number of nitriles is 11. The number of anilines is 12. The van der Waals surface area contributed by atoms with E-state index < -0.39 is 5.41 Å². The summed E-state index contributed by atoms with van der Waals surface area (Å²) in [5.74, 6) is 0. The molecule has 12 aromatic rings. The number of hydrogen-bond acceptors (Lipinski definition) is 15. The van der Waals surface area contributed by atoms with E-state index in [1.807, 2.05) is 72.8 Å². The number of nitrogens with zero attached hydrogens (tertiary/aromatic N) is 20. The van der Waals surface area contributed by atoms with Crippen molar-refractivity contribution >= 4 is 96.7 Å². The molecule has 12 aromatic carbocycles. The van der Waals surface area contributed by atoms with Gasteiger partial charge in [0.1, 0.15) is 0 Å². The molecule has 13 rings (SSSR count). The molecule has 0 bridgehead atoms. The molecule has 0 unspecified atom stereocenters. The van der Waals surface area contributed by atoms with Crippen molar-refractivity contribution in [1.29, 1.82) is 57.9 Å². The molecule has 0 fully saturated rings. The lowest BCUT2D eigenvalue weighted by atomic mass is 9.67. The van der Waals surface area contributed by atoms with Crippen LogP contribution in [0.1, 0.15) is 83.5 Å².